The zero-order valence-corrected chi connectivity index (χ0v) is 13.6. The summed E-state index contributed by atoms with van der Waals surface area (Å²) in [5.41, 5.74) is 8.69. The lowest BCUT2D eigenvalue weighted by atomic mass is 9.99. The van der Waals surface area contributed by atoms with Crippen LogP contribution in [0.3, 0.4) is 0 Å². The molecule has 1 aliphatic heterocycles. The number of rotatable bonds is 4. The van der Waals surface area contributed by atoms with Crippen molar-refractivity contribution in [2.45, 2.75) is 45.6 Å². The molecule has 2 N–H and O–H groups in total. The molecule has 2 unspecified atom stereocenters. The van der Waals surface area contributed by atoms with Gasteiger partial charge in [0, 0.05) is 23.6 Å². The highest BCUT2D eigenvalue weighted by atomic mass is 79.9. The van der Waals surface area contributed by atoms with E-state index >= 15 is 0 Å². The van der Waals surface area contributed by atoms with Crippen molar-refractivity contribution in [1.82, 2.24) is 0 Å². The quantitative estimate of drug-likeness (QED) is 0.908. The number of nitrogens with zero attached hydrogens (tertiary/aromatic N) is 1. The smallest absolute Gasteiger partial charge is 0.0510 e. The van der Waals surface area contributed by atoms with E-state index in [0.717, 1.165) is 18.8 Å². The van der Waals surface area contributed by atoms with E-state index in [1.54, 1.807) is 0 Å². The van der Waals surface area contributed by atoms with Crippen molar-refractivity contribution in [2.75, 3.05) is 18.0 Å². The molecule has 2 rings (SSSR count). The van der Waals surface area contributed by atoms with Crippen LogP contribution in [0.25, 0.3) is 0 Å². The molecular formula is C16H25BrN2. The van der Waals surface area contributed by atoms with E-state index in [4.69, 9.17) is 5.73 Å². The standard InChI is InChI=1S/C16H25BrN2/c1-3-14(18)9-13-6-7-16(15(17)10-13)19-8-4-5-12(2)11-19/h6-7,10,12,14H,3-5,8-9,11,18H2,1-2H3. The molecule has 0 saturated carbocycles. The van der Waals surface area contributed by atoms with Crippen molar-refractivity contribution in [3.05, 3.63) is 28.2 Å². The molecule has 1 aliphatic rings. The summed E-state index contributed by atoms with van der Waals surface area (Å²) in [6.07, 6.45) is 4.66. The first kappa shape index (κ1) is 14.9. The summed E-state index contributed by atoms with van der Waals surface area (Å²) >= 11 is 3.73. The highest BCUT2D eigenvalue weighted by Crippen LogP contribution is 2.31. The zero-order chi connectivity index (χ0) is 13.8. The van der Waals surface area contributed by atoms with Gasteiger partial charge in [-0.1, -0.05) is 19.9 Å². The molecule has 1 fully saturated rings. The number of halogens is 1. The molecule has 1 aromatic carbocycles. The second kappa shape index (κ2) is 6.76. The van der Waals surface area contributed by atoms with Crippen LogP contribution in [0.4, 0.5) is 5.69 Å². The minimum absolute atomic E-state index is 0.271. The molecule has 0 amide bonds. The van der Waals surface area contributed by atoms with Gasteiger partial charge in [-0.05, 0) is 65.2 Å². The van der Waals surface area contributed by atoms with Gasteiger partial charge in [-0.2, -0.15) is 0 Å². The number of hydrogen-bond donors (Lipinski definition) is 1. The number of anilines is 1. The third kappa shape index (κ3) is 3.96. The van der Waals surface area contributed by atoms with Crippen molar-refractivity contribution in [1.29, 1.82) is 0 Å². The van der Waals surface area contributed by atoms with E-state index in [2.05, 4.69) is 52.9 Å². The summed E-state index contributed by atoms with van der Waals surface area (Å²) in [5.74, 6) is 0.800. The van der Waals surface area contributed by atoms with E-state index < -0.39 is 0 Å². The van der Waals surface area contributed by atoms with Gasteiger partial charge < -0.3 is 10.6 Å². The lowest BCUT2D eigenvalue weighted by Crippen LogP contribution is -2.34. The maximum atomic E-state index is 6.03. The highest BCUT2D eigenvalue weighted by molar-refractivity contribution is 9.10. The molecular weight excluding hydrogens is 300 g/mol. The van der Waals surface area contributed by atoms with Crippen LogP contribution in [-0.4, -0.2) is 19.1 Å². The monoisotopic (exact) mass is 324 g/mol. The molecule has 0 aliphatic carbocycles. The summed E-state index contributed by atoms with van der Waals surface area (Å²) in [7, 11) is 0. The van der Waals surface area contributed by atoms with Gasteiger partial charge in [0.1, 0.15) is 0 Å². The molecule has 0 bridgehead atoms. The Kier molecular flexibility index (Phi) is 5.28. The van der Waals surface area contributed by atoms with Crippen molar-refractivity contribution in [3.8, 4) is 0 Å². The third-order valence-electron chi connectivity index (χ3n) is 4.03. The van der Waals surface area contributed by atoms with Crippen LogP contribution < -0.4 is 10.6 Å². The fraction of sp³-hybridized carbons (Fsp3) is 0.625. The summed E-state index contributed by atoms with van der Waals surface area (Å²) < 4.78 is 1.21. The van der Waals surface area contributed by atoms with E-state index in [9.17, 15) is 0 Å². The van der Waals surface area contributed by atoms with Crippen LogP contribution in [-0.2, 0) is 6.42 Å². The van der Waals surface area contributed by atoms with Gasteiger partial charge >= 0.3 is 0 Å². The Morgan fingerprint density at radius 3 is 2.89 bits per heavy atom. The Morgan fingerprint density at radius 2 is 2.26 bits per heavy atom. The topological polar surface area (TPSA) is 29.3 Å². The summed E-state index contributed by atoms with van der Waals surface area (Å²) in [4.78, 5) is 2.50. The summed E-state index contributed by atoms with van der Waals surface area (Å²) in [6.45, 7) is 6.83. The molecule has 2 nitrogen and oxygen atoms in total. The van der Waals surface area contributed by atoms with Gasteiger partial charge in [0.05, 0.1) is 5.69 Å². The molecule has 106 valence electrons. The Balaban J connectivity index is 2.10. The molecule has 1 saturated heterocycles. The number of hydrogen-bond acceptors (Lipinski definition) is 2. The lowest BCUT2D eigenvalue weighted by molar-refractivity contribution is 0.446. The molecule has 1 heterocycles. The Labute approximate surface area is 125 Å². The van der Waals surface area contributed by atoms with Gasteiger partial charge in [0.15, 0.2) is 0 Å². The maximum Gasteiger partial charge on any atom is 0.0510 e. The van der Waals surface area contributed by atoms with Crippen LogP contribution in [0.5, 0.6) is 0 Å². The third-order valence-corrected chi connectivity index (χ3v) is 4.67. The van der Waals surface area contributed by atoms with Crippen LogP contribution in [0, 0.1) is 5.92 Å². The van der Waals surface area contributed by atoms with Crippen LogP contribution in [0.2, 0.25) is 0 Å². The van der Waals surface area contributed by atoms with Gasteiger partial charge in [0.2, 0.25) is 0 Å². The largest absolute Gasteiger partial charge is 0.370 e. The predicted octanol–water partition coefficient (Wildman–Crippen LogP) is 3.97. The second-order valence-electron chi connectivity index (χ2n) is 5.85. The summed E-state index contributed by atoms with van der Waals surface area (Å²) in [5, 5.41) is 0. The van der Waals surface area contributed by atoms with Crippen molar-refractivity contribution in [2.24, 2.45) is 11.7 Å². The SMILES string of the molecule is CCC(N)Cc1ccc(N2CCCC(C)C2)c(Br)c1. The normalized spacial score (nSPS) is 21.5. The molecule has 2 atom stereocenters. The first-order valence-corrected chi connectivity index (χ1v) is 8.18. The van der Waals surface area contributed by atoms with Crippen LogP contribution in [0.1, 0.15) is 38.7 Å². The molecule has 0 spiro atoms. The Bertz CT molecular complexity index is 419. The highest BCUT2D eigenvalue weighted by Gasteiger charge is 2.18. The fourth-order valence-corrected chi connectivity index (χ4v) is 3.47. The van der Waals surface area contributed by atoms with Crippen molar-refractivity contribution < 1.29 is 0 Å². The minimum Gasteiger partial charge on any atom is -0.370 e. The maximum absolute atomic E-state index is 6.03. The molecule has 19 heavy (non-hydrogen) atoms. The van der Waals surface area contributed by atoms with Crippen LogP contribution in [0.15, 0.2) is 22.7 Å². The van der Waals surface area contributed by atoms with E-state index in [-0.39, 0.29) is 6.04 Å². The summed E-state index contributed by atoms with van der Waals surface area (Å²) in [6, 6.07) is 6.99. The number of piperidine rings is 1. The molecule has 3 heteroatoms. The number of benzene rings is 1. The van der Waals surface area contributed by atoms with E-state index in [1.165, 1.54) is 41.7 Å². The Morgan fingerprint density at radius 1 is 1.47 bits per heavy atom. The Hall–Kier alpha value is -0.540. The van der Waals surface area contributed by atoms with Gasteiger partial charge in [0.25, 0.3) is 0 Å². The number of nitrogens with two attached hydrogens (primary N) is 1. The first-order valence-electron chi connectivity index (χ1n) is 7.39. The van der Waals surface area contributed by atoms with E-state index in [0.29, 0.717) is 0 Å². The second-order valence-corrected chi connectivity index (χ2v) is 6.71. The van der Waals surface area contributed by atoms with Gasteiger partial charge in [-0.3, -0.25) is 0 Å². The predicted molar refractivity (Wildman–Crippen MR) is 86.7 cm³/mol. The van der Waals surface area contributed by atoms with Crippen molar-refractivity contribution in [3.63, 3.8) is 0 Å². The molecule has 0 aromatic heterocycles. The average Bonchev–Trinajstić information content (AvgIpc) is 2.38. The minimum atomic E-state index is 0.271. The zero-order valence-electron chi connectivity index (χ0n) is 12.0. The molecule has 1 aromatic rings. The first-order chi connectivity index (χ1) is 9.10. The van der Waals surface area contributed by atoms with Gasteiger partial charge in [-0.25, -0.2) is 0 Å². The average molecular weight is 325 g/mol. The van der Waals surface area contributed by atoms with Gasteiger partial charge in [-0.15, -0.1) is 0 Å². The fourth-order valence-electron chi connectivity index (χ4n) is 2.79. The van der Waals surface area contributed by atoms with Crippen LogP contribution >= 0.6 is 15.9 Å². The van der Waals surface area contributed by atoms with Crippen molar-refractivity contribution >= 4 is 21.6 Å². The van der Waals surface area contributed by atoms with E-state index in [1.807, 2.05) is 0 Å². The molecule has 0 radical (unpaired) electrons. The lowest BCUT2D eigenvalue weighted by Gasteiger charge is -2.33.